The van der Waals surface area contributed by atoms with Gasteiger partial charge in [0.1, 0.15) is 0 Å². The third-order valence-electron chi connectivity index (χ3n) is 3.45. The topological polar surface area (TPSA) is 32.3 Å². The molecule has 1 heterocycles. The van der Waals surface area contributed by atoms with E-state index >= 15 is 0 Å². The summed E-state index contributed by atoms with van der Waals surface area (Å²) in [5.41, 5.74) is 0. The monoisotopic (exact) mass is 213 g/mol. The molecule has 90 valence electrons. The van der Waals surface area contributed by atoms with E-state index in [1.807, 2.05) is 0 Å². The number of aliphatic hydroxyl groups excluding tert-OH is 1. The third kappa shape index (κ3) is 5.53. The molecular weight excluding hydrogens is 186 g/mol. The van der Waals surface area contributed by atoms with E-state index in [-0.39, 0.29) is 6.10 Å². The molecule has 1 aliphatic rings. The van der Waals surface area contributed by atoms with Crippen LogP contribution in [0.4, 0.5) is 0 Å². The van der Waals surface area contributed by atoms with E-state index in [4.69, 9.17) is 0 Å². The summed E-state index contributed by atoms with van der Waals surface area (Å²) in [7, 11) is 0. The Balaban J connectivity index is 2.07. The zero-order valence-electron chi connectivity index (χ0n) is 10.3. The van der Waals surface area contributed by atoms with Crippen LogP contribution in [-0.4, -0.2) is 23.3 Å². The summed E-state index contributed by atoms with van der Waals surface area (Å²) in [6, 6.07) is 1.33. The van der Waals surface area contributed by atoms with Crippen LogP contribution in [-0.2, 0) is 0 Å². The maximum Gasteiger partial charge on any atom is 0.0540 e. The summed E-state index contributed by atoms with van der Waals surface area (Å²) in [5.74, 6) is 0. The van der Waals surface area contributed by atoms with E-state index in [1.54, 1.807) is 0 Å². The van der Waals surface area contributed by atoms with Crippen LogP contribution in [0.2, 0.25) is 0 Å². The standard InChI is InChI=1S/C13H27NO/c1-3-4-8-13(15)10-9-12-7-5-6-11(2)14-12/h11-15H,3-10H2,1-2H3/t11-,12-,13?/m0/s1. The summed E-state index contributed by atoms with van der Waals surface area (Å²) >= 11 is 0. The van der Waals surface area contributed by atoms with Crippen molar-refractivity contribution in [2.45, 2.75) is 83.4 Å². The Morgan fingerprint density at radius 3 is 2.80 bits per heavy atom. The molecule has 0 aromatic rings. The van der Waals surface area contributed by atoms with Gasteiger partial charge in [-0.1, -0.05) is 26.2 Å². The van der Waals surface area contributed by atoms with E-state index < -0.39 is 0 Å². The maximum atomic E-state index is 9.75. The molecule has 15 heavy (non-hydrogen) atoms. The fraction of sp³-hybridized carbons (Fsp3) is 1.00. The molecule has 0 aromatic heterocycles. The minimum atomic E-state index is -0.0658. The smallest absolute Gasteiger partial charge is 0.0540 e. The molecule has 0 spiro atoms. The molecule has 1 rings (SSSR count). The number of aliphatic hydroxyl groups is 1. The van der Waals surface area contributed by atoms with Crippen molar-refractivity contribution in [2.75, 3.05) is 0 Å². The Morgan fingerprint density at radius 1 is 1.33 bits per heavy atom. The van der Waals surface area contributed by atoms with Crippen molar-refractivity contribution in [3.8, 4) is 0 Å². The van der Waals surface area contributed by atoms with Crippen molar-refractivity contribution < 1.29 is 5.11 Å². The summed E-state index contributed by atoms with van der Waals surface area (Å²) < 4.78 is 0. The van der Waals surface area contributed by atoms with Crippen LogP contribution in [0.1, 0.15) is 65.2 Å². The van der Waals surface area contributed by atoms with Gasteiger partial charge >= 0.3 is 0 Å². The van der Waals surface area contributed by atoms with Gasteiger partial charge in [0.15, 0.2) is 0 Å². The summed E-state index contributed by atoms with van der Waals surface area (Å²) in [6.45, 7) is 4.44. The first kappa shape index (κ1) is 13.0. The first-order valence-electron chi connectivity index (χ1n) is 6.66. The van der Waals surface area contributed by atoms with Crippen LogP contribution in [0.15, 0.2) is 0 Å². The molecule has 3 atom stereocenters. The lowest BCUT2D eigenvalue weighted by Crippen LogP contribution is -2.40. The third-order valence-corrected chi connectivity index (χ3v) is 3.45. The van der Waals surface area contributed by atoms with E-state index in [9.17, 15) is 5.11 Å². The number of nitrogens with one attached hydrogen (secondary N) is 1. The fourth-order valence-electron chi connectivity index (χ4n) is 2.44. The zero-order valence-corrected chi connectivity index (χ0v) is 10.3. The number of unbranched alkanes of at least 4 members (excludes halogenated alkanes) is 1. The number of hydrogen-bond acceptors (Lipinski definition) is 2. The van der Waals surface area contributed by atoms with Crippen LogP contribution in [0, 0.1) is 0 Å². The lowest BCUT2D eigenvalue weighted by Gasteiger charge is -2.29. The minimum absolute atomic E-state index is 0.0658. The van der Waals surface area contributed by atoms with Crippen LogP contribution in [0.25, 0.3) is 0 Å². The Morgan fingerprint density at radius 2 is 2.13 bits per heavy atom. The Kier molecular flexibility index (Phi) is 6.26. The average molecular weight is 213 g/mol. The second-order valence-electron chi connectivity index (χ2n) is 5.07. The molecule has 0 amide bonds. The van der Waals surface area contributed by atoms with Gasteiger partial charge in [0.2, 0.25) is 0 Å². The van der Waals surface area contributed by atoms with Crippen LogP contribution in [0.3, 0.4) is 0 Å². The lowest BCUT2D eigenvalue weighted by molar-refractivity contribution is 0.140. The zero-order chi connectivity index (χ0) is 11.1. The highest BCUT2D eigenvalue weighted by Crippen LogP contribution is 2.17. The highest BCUT2D eigenvalue weighted by Gasteiger charge is 2.18. The molecule has 2 heteroatoms. The van der Waals surface area contributed by atoms with Crippen molar-refractivity contribution in [2.24, 2.45) is 0 Å². The maximum absolute atomic E-state index is 9.75. The van der Waals surface area contributed by atoms with Crippen molar-refractivity contribution >= 4 is 0 Å². The normalized spacial score (nSPS) is 29.0. The van der Waals surface area contributed by atoms with Crippen molar-refractivity contribution in [1.29, 1.82) is 0 Å². The fourth-order valence-corrected chi connectivity index (χ4v) is 2.44. The number of hydrogen-bond donors (Lipinski definition) is 2. The van der Waals surface area contributed by atoms with Gasteiger partial charge in [-0.2, -0.15) is 0 Å². The van der Waals surface area contributed by atoms with Crippen molar-refractivity contribution in [3.05, 3.63) is 0 Å². The van der Waals surface area contributed by atoms with Gasteiger partial charge < -0.3 is 10.4 Å². The number of piperidine rings is 1. The predicted molar refractivity (Wildman–Crippen MR) is 65.0 cm³/mol. The Bertz CT molecular complexity index is 161. The van der Waals surface area contributed by atoms with Gasteiger partial charge in [-0.3, -0.25) is 0 Å². The second-order valence-corrected chi connectivity index (χ2v) is 5.07. The Hall–Kier alpha value is -0.0800. The summed E-state index contributed by atoms with van der Waals surface area (Å²) in [5, 5.41) is 13.4. The molecule has 0 saturated carbocycles. The lowest BCUT2D eigenvalue weighted by atomic mass is 9.94. The van der Waals surface area contributed by atoms with Crippen LogP contribution in [0.5, 0.6) is 0 Å². The molecule has 0 aromatic carbocycles. The predicted octanol–water partition coefficient (Wildman–Crippen LogP) is 2.85. The Labute approximate surface area is 94.5 Å². The first-order valence-corrected chi connectivity index (χ1v) is 6.66. The highest BCUT2D eigenvalue weighted by molar-refractivity contribution is 4.78. The number of rotatable bonds is 6. The van der Waals surface area contributed by atoms with Gasteiger partial charge in [0.25, 0.3) is 0 Å². The van der Waals surface area contributed by atoms with E-state index in [2.05, 4.69) is 19.2 Å². The summed E-state index contributed by atoms with van der Waals surface area (Å²) in [6.07, 6.45) is 9.36. The molecular formula is C13H27NO. The van der Waals surface area contributed by atoms with Gasteiger partial charge in [-0.05, 0) is 39.0 Å². The molecule has 0 bridgehead atoms. The first-order chi connectivity index (χ1) is 7.22. The van der Waals surface area contributed by atoms with Gasteiger partial charge in [-0.25, -0.2) is 0 Å². The van der Waals surface area contributed by atoms with Crippen molar-refractivity contribution in [1.82, 2.24) is 5.32 Å². The SMILES string of the molecule is CCCCC(O)CC[C@@H]1CCC[C@H](C)N1. The molecule has 1 saturated heterocycles. The molecule has 1 unspecified atom stereocenters. The van der Waals surface area contributed by atoms with Crippen LogP contribution < -0.4 is 5.32 Å². The van der Waals surface area contributed by atoms with Gasteiger partial charge in [-0.15, -0.1) is 0 Å². The molecule has 0 aliphatic carbocycles. The van der Waals surface area contributed by atoms with Crippen molar-refractivity contribution in [3.63, 3.8) is 0 Å². The van der Waals surface area contributed by atoms with E-state index in [0.29, 0.717) is 12.1 Å². The van der Waals surface area contributed by atoms with E-state index in [1.165, 1.54) is 25.7 Å². The molecule has 2 nitrogen and oxygen atoms in total. The van der Waals surface area contributed by atoms with E-state index in [0.717, 1.165) is 25.7 Å². The molecule has 1 aliphatic heterocycles. The van der Waals surface area contributed by atoms with Gasteiger partial charge in [0.05, 0.1) is 6.10 Å². The largest absolute Gasteiger partial charge is 0.393 e. The summed E-state index contributed by atoms with van der Waals surface area (Å²) in [4.78, 5) is 0. The average Bonchev–Trinajstić information content (AvgIpc) is 2.23. The highest BCUT2D eigenvalue weighted by atomic mass is 16.3. The van der Waals surface area contributed by atoms with Crippen LogP contribution >= 0.6 is 0 Å². The van der Waals surface area contributed by atoms with Gasteiger partial charge in [0, 0.05) is 12.1 Å². The molecule has 2 N–H and O–H groups in total. The quantitative estimate of drug-likeness (QED) is 0.711. The minimum Gasteiger partial charge on any atom is -0.393 e. The second kappa shape index (κ2) is 7.24. The molecule has 0 radical (unpaired) electrons. The molecule has 1 fully saturated rings.